The van der Waals surface area contributed by atoms with Crippen LogP contribution in [0.4, 0.5) is 0 Å². The molecule has 0 aliphatic heterocycles. The molecular weight excluding hydrogens is 306 g/mol. The maximum atomic E-state index is 12.4. The maximum absolute atomic E-state index is 12.4. The Morgan fingerprint density at radius 3 is 2.95 bits per heavy atom. The number of amides is 1. The summed E-state index contributed by atoms with van der Waals surface area (Å²) < 4.78 is 6.69. The molecule has 118 valence electrons. The van der Waals surface area contributed by atoms with Gasteiger partial charge in [0.25, 0.3) is 5.91 Å². The second-order valence-electron chi connectivity index (χ2n) is 4.77. The third kappa shape index (κ3) is 3.64. The van der Waals surface area contributed by atoms with Crippen molar-refractivity contribution in [3.63, 3.8) is 0 Å². The summed E-state index contributed by atoms with van der Waals surface area (Å²) in [6.07, 6.45) is 0.680. The zero-order valence-electron chi connectivity index (χ0n) is 12.6. The minimum atomic E-state index is -0.487. The van der Waals surface area contributed by atoms with E-state index in [9.17, 15) is 9.59 Å². The van der Waals surface area contributed by atoms with Crippen LogP contribution in [-0.2, 0) is 11.8 Å². The Balaban J connectivity index is 2.22. The van der Waals surface area contributed by atoms with E-state index >= 15 is 0 Å². The third-order valence-corrected chi connectivity index (χ3v) is 3.42. The summed E-state index contributed by atoms with van der Waals surface area (Å²) in [7, 11) is 1.68. The Bertz CT molecular complexity index is 743. The Morgan fingerprint density at radius 2 is 2.23 bits per heavy atom. The number of nitrogens with one attached hydrogen (secondary N) is 1. The lowest BCUT2D eigenvalue weighted by atomic mass is 10.2. The van der Waals surface area contributed by atoms with Gasteiger partial charge >= 0.3 is 0 Å². The van der Waals surface area contributed by atoms with E-state index in [-0.39, 0.29) is 5.69 Å². The van der Waals surface area contributed by atoms with Gasteiger partial charge in [0, 0.05) is 31.8 Å². The Kier molecular flexibility index (Phi) is 5.51. The zero-order valence-corrected chi connectivity index (χ0v) is 13.3. The third-order valence-electron chi connectivity index (χ3n) is 3.19. The fourth-order valence-electron chi connectivity index (χ4n) is 2.10. The molecule has 0 aliphatic carbocycles. The number of rotatable bonds is 6. The Labute approximate surface area is 133 Å². The van der Waals surface area contributed by atoms with Gasteiger partial charge in [-0.05, 0) is 31.5 Å². The average molecular weight is 324 g/mol. The van der Waals surface area contributed by atoms with Crippen molar-refractivity contribution in [3.8, 4) is 0 Å². The SMILES string of the molecule is CCOCCCNC(=O)c1nn(C)c2ccc(Cl)cc2c1=O. The van der Waals surface area contributed by atoms with E-state index in [2.05, 4.69) is 10.4 Å². The molecule has 0 atom stereocenters. The fraction of sp³-hybridized carbons (Fsp3) is 0.400. The summed E-state index contributed by atoms with van der Waals surface area (Å²) in [5.41, 5.74) is 0.0777. The van der Waals surface area contributed by atoms with Crippen molar-refractivity contribution in [2.45, 2.75) is 13.3 Å². The molecule has 0 saturated carbocycles. The lowest BCUT2D eigenvalue weighted by Crippen LogP contribution is -2.32. The predicted octanol–water partition coefficient (Wildman–Crippen LogP) is 1.74. The molecule has 0 aliphatic rings. The fourth-order valence-corrected chi connectivity index (χ4v) is 2.27. The van der Waals surface area contributed by atoms with E-state index in [1.54, 1.807) is 25.2 Å². The molecule has 1 aromatic carbocycles. The second-order valence-corrected chi connectivity index (χ2v) is 5.21. The lowest BCUT2D eigenvalue weighted by Gasteiger charge is -2.08. The summed E-state index contributed by atoms with van der Waals surface area (Å²) in [4.78, 5) is 24.5. The summed E-state index contributed by atoms with van der Waals surface area (Å²) >= 11 is 5.92. The normalized spacial score (nSPS) is 10.9. The number of carbonyl (C=O) groups is 1. The molecule has 0 spiro atoms. The van der Waals surface area contributed by atoms with E-state index < -0.39 is 11.3 Å². The van der Waals surface area contributed by atoms with Crippen molar-refractivity contribution in [2.75, 3.05) is 19.8 Å². The number of carbonyl (C=O) groups excluding carboxylic acids is 1. The first-order chi connectivity index (χ1) is 10.5. The molecule has 2 rings (SSSR count). The number of ether oxygens (including phenoxy) is 1. The van der Waals surface area contributed by atoms with Crippen LogP contribution in [0.3, 0.4) is 0 Å². The van der Waals surface area contributed by atoms with Crippen LogP contribution in [0.25, 0.3) is 10.9 Å². The van der Waals surface area contributed by atoms with Crippen molar-refractivity contribution in [1.82, 2.24) is 15.1 Å². The first kappa shape index (κ1) is 16.5. The number of halogens is 1. The van der Waals surface area contributed by atoms with Crippen LogP contribution in [0.1, 0.15) is 23.8 Å². The largest absolute Gasteiger partial charge is 0.382 e. The number of fused-ring (bicyclic) bond motifs is 1. The van der Waals surface area contributed by atoms with Gasteiger partial charge in [0.15, 0.2) is 5.69 Å². The summed E-state index contributed by atoms with van der Waals surface area (Å²) in [6.45, 7) is 3.54. The maximum Gasteiger partial charge on any atom is 0.275 e. The molecule has 0 radical (unpaired) electrons. The molecule has 22 heavy (non-hydrogen) atoms. The van der Waals surface area contributed by atoms with Gasteiger partial charge in [-0.1, -0.05) is 11.6 Å². The Morgan fingerprint density at radius 1 is 1.45 bits per heavy atom. The van der Waals surface area contributed by atoms with Crippen molar-refractivity contribution in [3.05, 3.63) is 39.1 Å². The highest BCUT2D eigenvalue weighted by atomic mass is 35.5. The molecule has 1 aromatic heterocycles. The van der Waals surface area contributed by atoms with Crippen LogP contribution in [-0.4, -0.2) is 35.4 Å². The van der Waals surface area contributed by atoms with E-state index in [0.717, 1.165) is 0 Å². The monoisotopic (exact) mass is 323 g/mol. The van der Waals surface area contributed by atoms with Gasteiger partial charge in [-0.2, -0.15) is 5.10 Å². The van der Waals surface area contributed by atoms with Gasteiger partial charge in [0.05, 0.1) is 10.9 Å². The Hall–Kier alpha value is -1.92. The van der Waals surface area contributed by atoms with Crippen LogP contribution in [0.2, 0.25) is 5.02 Å². The first-order valence-corrected chi connectivity index (χ1v) is 7.45. The van der Waals surface area contributed by atoms with E-state index in [4.69, 9.17) is 16.3 Å². The number of aryl methyl sites for hydroxylation is 1. The van der Waals surface area contributed by atoms with Gasteiger partial charge in [0.1, 0.15) is 0 Å². The van der Waals surface area contributed by atoms with Gasteiger partial charge in [-0.25, -0.2) is 0 Å². The van der Waals surface area contributed by atoms with Gasteiger partial charge in [-0.15, -0.1) is 0 Å². The van der Waals surface area contributed by atoms with Gasteiger partial charge in [-0.3, -0.25) is 14.3 Å². The number of nitrogens with zero attached hydrogens (tertiary/aromatic N) is 2. The van der Waals surface area contributed by atoms with Crippen molar-refractivity contribution >= 4 is 28.4 Å². The molecule has 0 fully saturated rings. The second kappa shape index (κ2) is 7.38. The highest BCUT2D eigenvalue weighted by Crippen LogP contribution is 2.15. The predicted molar refractivity (Wildman–Crippen MR) is 85.4 cm³/mol. The molecule has 7 heteroatoms. The quantitative estimate of drug-likeness (QED) is 0.822. The minimum absolute atomic E-state index is 0.131. The highest BCUT2D eigenvalue weighted by Gasteiger charge is 2.16. The lowest BCUT2D eigenvalue weighted by molar-refractivity contribution is 0.0936. The summed E-state index contributed by atoms with van der Waals surface area (Å²) in [5, 5.41) is 7.56. The highest BCUT2D eigenvalue weighted by molar-refractivity contribution is 6.31. The first-order valence-electron chi connectivity index (χ1n) is 7.07. The molecule has 0 bridgehead atoms. The smallest absolute Gasteiger partial charge is 0.275 e. The molecule has 1 N–H and O–H groups in total. The van der Waals surface area contributed by atoms with Crippen molar-refractivity contribution in [2.24, 2.45) is 7.05 Å². The van der Waals surface area contributed by atoms with Crippen molar-refractivity contribution in [1.29, 1.82) is 0 Å². The van der Waals surface area contributed by atoms with Gasteiger partial charge < -0.3 is 10.1 Å². The molecule has 2 aromatic rings. The van der Waals surface area contributed by atoms with Crippen molar-refractivity contribution < 1.29 is 9.53 Å². The molecule has 1 heterocycles. The number of hydrogen-bond acceptors (Lipinski definition) is 4. The molecule has 1 amide bonds. The average Bonchev–Trinajstić information content (AvgIpc) is 2.50. The summed E-state index contributed by atoms with van der Waals surface area (Å²) in [6, 6.07) is 4.93. The number of aromatic nitrogens is 2. The van der Waals surface area contributed by atoms with Crippen LogP contribution < -0.4 is 10.7 Å². The molecule has 6 nitrogen and oxygen atoms in total. The van der Waals surface area contributed by atoms with E-state index in [1.807, 2.05) is 6.92 Å². The standard InChI is InChI=1S/C15H18ClN3O3/c1-3-22-8-4-7-17-15(21)13-14(20)11-9-10(16)5-6-12(11)19(2)18-13/h5-6,9H,3-4,7-8H2,1-2H3,(H,17,21). The molecular formula is C15H18ClN3O3. The topological polar surface area (TPSA) is 73.2 Å². The van der Waals surface area contributed by atoms with Crippen LogP contribution >= 0.6 is 11.6 Å². The summed E-state index contributed by atoms with van der Waals surface area (Å²) in [5.74, 6) is -0.487. The zero-order chi connectivity index (χ0) is 16.1. The van der Waals surface area contributed by atoms with Gasteiger partial charge in [0.2, 0.25) is 5.43 Å². The van der Waals surface area contributed by atoms with E-state index in [1.165, 1.54) is 4.68 Å². The minimum Gasteiger partial charge on any atom is -0.382 e. The van der Waals surface area contributed by atoms with Crippen LogP contribution in [0.5, 0.6) is 0 Å². The number of benzene rings is 1. The van der Waals surface area contributed by atoms with Crippen LogP contribution in [0, 0.1) is 0 Å². The molecule has 0 unspecified atom stereocenters. The van der Waals surface area contributed by atoms with E-state index in [0.29, 0.717) is 42.1 Å². The molecule has 0 saturated heterocycles. The number of hydrogen-bond donors (Lipinski definition) is 1. The van der Waals surface area contributed by atoms with Crippen LogP contribution in [0.15, 0.2) is 23.0 Å².